The zero-order chi connectivity index (χ0) is 23.8. The van der Waals surface area contributed by atoms with E-state index in [9.17, 15) is 9.65 Å². The Bertz CT molecular complexity index is 1060. The van der Waals surface area contributed by atoms with E-state index in [1.807, 2.05) is 0 Å². The second-order valence-electron chi connectivity index (χ2n) is 8.47. The molecule has 2 aliphatic rings. The average Bonchev–Trinajstić information content (AvgIpc) is 2.89. The van der Waals surface area contributed by atoms with Gasteiger partial charge in [-0.1, -0.05) is 6.42 Å². The van der Waals surface area contributed by atoms with E-state index in [0.29, 0.717) is 47.3 Å². The van der Waals surface area contributed by atoms with Gasteiger partial charge in [0.05, 0.1) is 11.3 Å². The molecule has 1 saturated heterocycles. The van der Waals surface area contributed by atoms with Gasteiger partial charge in [0.2, 0.25) is 5.95 Å². The lowest BCUT2D eigenvalue weighted by atomic mass is 9.96. The van der Waals surface area contributed by atoms with Crippen LogP contribution < -0.4 is 20.7 Å². The van der Waals surface area contributed by atoms with Gasteiger partial charge < -0.3 is 26.1 Å². The van der Waals surface area contributed by atoms with Gasteiger partial charge in [-0.15, -0.1) is 0 Å². The number of piperidine rings is 1. The molecule has 0 radical (unpaired) electrons. The van der Waals surface area contributed by atoms with E-state index in [1.54, 1.807) is 24.4 Å². The Morgan fingerprint density at radius 2 is 2.03 bits per heavy atom. The summed E-state index contributed by atoms with van der Waals surface area (Å²) in [4.78, 5) is 12.8. The maximum atomic E-state index is 14.2. The monoisotopic (exact) mass is 464 g/mol. The maximum absolute atomic E-state index is 14.2. The second kappa shape index (κ2) is 11.5. The van der Waals surface area contributed by atoms with Crippen LogP contribution in [0.15, 0.2) is 36.4 Å². The van der Waals surface area contributed by atoms with E-state index in [1.165, 1.54) is 12.5 Å². The normalized spacial score (nSPS) is 21.4. The van der Waals surface area contributed by atoms with Crippen LogP contribution in [0.2, 0.25) is 0 Å². The summed E-state index contributed by atoms with van der Waals surface area (Å²) < 4.78 is 20.0. The van der Waals surface area contributed by atoms with Crippen molar-refractivity contribution in [1.29, 1.82) is 10.7 Å². The third kappa shape index (κ3) is 6.05. The summed E-state index contributed by atoms with van der Waals surface area (Å²) in [5, 5.41) is 27.0. The molecule has 1 aliphatic heterocycles. The lowest BCUT2D eigenvalue weighted by molar-refractivity contribution is 0.0636. The molecule has 34 heavy (non-hydrogen) atoms. The quantitative estimate of drug-likeness (QED) is 0.438. The summed E-state index contributed by atoms with van der Waals surface area (Å²) in [6.45, 7) is 1.94. The first-order valence-corrected chi connectivity index (χ1v) is 11.6. The van der Waals surface area contributed by atoms with Crippen LogP contribution in [-0.2, 0) is 0 Å². The van der Waals surface area contributed by atoms with Crippen molar-refractivity contribution in [3.05, 3.63) is 42.0 Å². The Labute approximate surface area is 198 Å². The molecule has 2 atom stereocenters. The van der Waals surface area contributed by atoms with Gasteiger partial charge in [-0.2, -0.15) is 10.2 Å². The van der Waals surface area contributed by atoms with Gasteiger partial charge in [0, 0.05) is 24.0 Å². The van der Waals surface area contributed by atoms with E-state index in [2.05, 4.69) is 37.0 Å². The first-order valence-electron chi connectivity index (χ1n) is 11.6. The van der Waals surface area contributed by atoms with Crippen molar-refractivity contribution < 1.29 is 9.13 Å². The highest BCUT2D eigenvalue weighted by Crippen LogP contribution is 2.30. The molecule has 0 spiro atoms. The Morgan fingerprint density at radius 1 is 1.21 bits per heavy atom. The minimum atomic E-state index is -1.02. The first kappa shape index (κ1) is 23.6. The summed E-state index contributed by atoms with van der Waals surface area (Å²) in [5.74, 6) is 1.02. The predicted molar refractivity (Wildman–Crippen MR) is 127 cm³/mol. The SMILES string of the molecule is N#Cc1cc(-c2ncnc(N/C(C=N)=C/NC3CCNCC3)n2)ccc1OC1CCCCC1F. The number of anilines is 1. The molecule has 9 nitrogen and oxygen atoms in total. The van der Waals surface area contributed by atoms with Crippen LogP contribution >= 0.6 is 0 Å². The lowest BCUT2D eigenvalue weighted by Gasteiger charge is -2.27. The smallest absolute Gasteiger partial charge is 0.230 e. The van der Waals surface area contributed by atoms with Crippen LogP contribution in [0.25, 0.3) is 11.4 Å². The molecule has 4 rings (SSSR count). The van der Waals surface area contributed by atoms with E-state index >= 15 is 0 Å². The Kier molecular flexibility index (Phi) is 7.99. The fourth-order valence-corrected chi connectivity index (χ4v) is 4.14. The van der Waals surface area contributed by atoms with Crippen molar-refractivity contribution >= 4 is 12.2 Å². The first-order chi connectivity index (χ1) is 16.7. The fraction of sp³-hybridized carbons (Fsp3) is 0.458. The molecule has 1 aromatic carbocycles. The van der Waals surface area contributed by atoms with E-state index in [0.717, 1.165) is 38.8 Å². The minimum Gasteiger partial charge on any atom is -0.486 e. The van der Waals surface area contributed by atoms with Gasteiger partial charge in [0.15, 0.2) is 5.82 Å². The standard InChI is InChI=1S/C24H29FN8O/c25-20-3-1-2-4-22(20)34-21-6-5-16(11-17(21)12-26)23-30-15-31-24(33-23)32-19(13-27)14-29-18-7-9-28-10-8-18/h5-6,11,13-15,18,20,22,27-29H,1-4,7-10H2,(H,30,31,32,33)/b19-14+,27-13?. The lowest BCUT2D eigenvalue weighted by Crippen LogP contribution is -2.38. The third-order valence-electron chi connectivity index (χ3n) is 6.06. The molecule has 0 bridgehead atoms. The number of aromatic nitrogens is 3. The largest absolute Gasteiger partial charge is 0.486 e. The number of hydrogen-bond donors (Lipinski definition) is 4. The number of nitriles is 1. The molecule has 10 heteroatoms. The molecular weight excluding hydrogens is 435 g/mol. The van der Waals surface area contributed by atoms with Gasteiger partial charge in [0.1, 0.15) is 30.4 Å². The van der Waals surface area contributed by atoms with Crippen molar-refractivity contribution in [2.24, 2.45) is 0 Å². The number of allylic oxidation sites excluding steroid dienone is 1. The van der Waals surface area contributed by atoms with E-state index < -0.39 is 12.3 Å². The second-order valence-corrected chi connectivity index (χ2v) is 8.47. The predicted octanol–water partition coefficient (Wildman–Crippen LogP) is 3.31. The van der Waals surface area contributed by atoms with Crippen molar-refractivity contribution in [1.82, 2.24) is 25.6 Å². The third-order valence-corrected chi connectivity index (χ3v) is 6.06. The topological polar surface area (TPSA) is 132 Å². The number of alkyl halides is 1. The summed E-state index contributed by atoms with van der Waals surface area (Å²) in [6.07, 6.45) is 7.75. The number of hydrogen-bond acceptors (Lipinski definition) is 9. The maximum Gasteiger partial charge on any atom is 0.230 e. The molecule has 1 aliphatic carbocycles. The van der Waals surface area contributed by atoms with Crippen LogP contribution in [0.4, 0.5) is 10.3 Å². The van der Waals surface area contributed by atoms with Gasteiger partial charge in [0.25, 0.3) is 0 Å². The summed E-state index contributed by atoms with van der Waals surface area (Å²) in [5.41, 5.74) is 1.44. The molecule has 2 fully saturated rings. The van der Waals surface area contributed by atoms with Crippen LogP contribution in [-0.4, -0.2) is 52.6 Å². The molecule has 1 saturated carbocycles. The number of benzene rings is 1. The van der Waals surface area contributed by atoms with Crippen LogP contribution in [0.1, 0.15) is 44.1 Å². The highest BCUT2D eigenvalue weighted by atomic mass is 19.1. The number of nitrogens with zero attached hydrogens (tertiary/aromatic N) is 4. The zero-order valence-electron chi connectivity index (χ0n) is 18.9. The Morgan fingerprint density at radius 3 is 2.79 bits per heavy atom. The molecular formula is C24H29FN8O. The highest BCUT2D eigenvalue weighted by molar-refractivity contribution is 5.79. The number of nitrogens with one attached hydrogen (secondary N) is 4. The summed E-state index contributed by atoms with van der Waals surface area (Å²) in [6, 6.07) is 7.54. The Hall–Kier alpha value is -3.58. The molecule has 2 aromatic rings. The molecule has 4 N–H and O–H groups in total. The van der Waals surface area contributed by atoms with E-state index in [-0.39, 0.29) is 5.95 Å². The van der Waals surface area contributed by atoms with Crippen LogP contribution in [0, 0.1) is 16.7 Å². The molecule has 178 valence electrons. The van der Waals surface area contributed by atoms with Crippen LogP contribution in [0.5, 0.6) is 5.75 Å². The fourth-order valence-electron chi connectivity index (χ4n) is 4.14. The summed E-state index contributed by atoms with van der Waals surface area (Å²) >= 11 is 0. The van der Waals surface area contributed by atoms with E-state index in [4.69, 9.17) is 10.1 Å². The summed E-state index contributed by atoms with van der Waals surface area (Å²) in [7, 11) is 0. The zero-order valence-corrected chi connectivity index (χ0v) is 18.9. The van der Waals surface area contributed by atoms with Crippen molar-refractivity contribution in [3.63, 3.8) is 0 Å². The Balaban J connectivity index is 1.47. The molecule has 2 unspecified atom stereocenters. The van der Waals surface area contributed by atoms with Crippen molar-refractivity contribution in [3.8, 4) is 23.2 Å². The van der Waals surface area contributed by atoms with Gasteiger partial charge in [-0.25, -0.2) is 14.4 Å². The number of rotatable bonds is 8. The minimum absolute atomic E-state index is 0.285. The van der Waals surface area contributed by atoms with Crippen LogP contribution in [0.3, 0.4) is 0 Å². The van der Waals surface area contributed by atoms with Gasteiger partial charge >= 0.3 is 0 Å². The van der Waals surface area contributed by atoms with Gasteiger partial charge in [-0.05, 0) is 63.4 Å². The number of ether oxygens (including phenoxy) is 1. The van der Waals surface area contributed by atoms with Gasteiger partial charge in [-0.3, -0.25) is 0 Å². The van der Waals surface area contributed by atoms with Crippen molar-refractivity contribution in [2.75, 3.05) is 18.4 Å². The highest BCUT2D eigenvalue weighted by Gasteiger charge is 2.27. The average molecular weight is 465 g/mol. The number of halogens is 1. The van der Waals surface area contributed by atoms with Crippen molar-refractivity contribution in [2.45, 2.75) is 56.8 Å². The molecule has 2 heterocycles. The molecule has 1 aromatic heterocycles. The molecule has 0 amide bonds.